The zero-order valence-electron chi connectivity index (χ0n) is 7.84. The Morgan fingerprint density at radius 2 is 2.08 bits per heavy atom. The Morgan fingerprint density at radius 1 is 1.46 bits per heavy atom. The molecule has 0 saturated heterocycles. The van der Waals surface area contributed by atoms with Gasteiger partial charge in [-0.1, -0.05) is 40.7 Å². The lowest BCUT2D eigenvalue weighted by molar-refractivity contribution is 0.0778. The molecule has 0 aliphatic carbocycles. The summed E-state index contributed by atoms with van der Waals surface area (Å²) in [5.41, 5.74) is 1.12. The predicted octanol–water partition coefficient (Wildman–Crippen LogP) is 3.32. The molecule has 0 unspecified atom stereocenters. The first-order valence-electron chi connectivity index (χ1n) is 4.10. The molecule has 1 aromatic rings. The Kier molecular flexibility index (Phi) is 2.94. The third kappa shape index (κ3) is 2.42. The highest BCUT2D eigenvalue weighted by Gasteiger charge is 2.18. The van der Waals surface area contributed by atoms with E-state index in [-0.39, 0.29) is 0 Å². The van der Waals surface area contributed by atoms with Crippen LogP contribution in [-0.4, -0.2) is 5.11 Å². The Bertz CT molecular complexity index is 323. The first-order valence-corrected chi connectivity index (χ1v) is 4.89. The normalized spacial score (nSPS) is 11.4. The van der Waals surface area contributed by atoms with E-state index in [1.807, 2.05) is 18.2 Å². The Hall–Kier alpha value is -0.600. The Morgan fingerprint density at radius 3 is 2.46 bits per heavy atom. The maximum atomic E-state index is 9.78. The highest BCUT2D eigenvalue weighted by Crippen LogP contribution is 2.28. The van der Waals surface area contributed by atoms with Gasteiger partial charge in [0, 0.05) is 4.47 Å². The van der Waals surface area contributed by atoms with Gasteiger partial charge in [-0.15, -0.1) is 0 Å². The van der Waals surface area contributed by atoms with Crippen LogP contribution in [0.15, 0.2) is 29.3 Å². The van der Waals surface area contributed by atoms with E-state index in [0.29, 0.717) is 0 Å². The van der Waals surface area contributed by atoms with Crippen molar-refractivity contribution in [2.24, 2.45) is 0 Å². The van der Waals surface area contributed by atoms with Gasteiger partial charge in [0.25, 0.3) is 0 Å². The monoisotopic (exact) mass is 240 g/mol. The lowest BCUT2D eigenvalue weighted by Crippen LogP contribution is -2.16. The van der Waals surface area contributed by atoms with E-state index in [4.69, 9.17) is 0 Å². The summed E-state index contributed by atoms with van der Waals surface area (Å²) >= 11 is 3.42. The molecule has 2 heteroatoms. The van der Waals surface area contributed by atoms with E-state index < -0.39 is 5.60 Å². The molecule has 0 heterocycles. The molecule has 1 N–H and O–H groups in total. The molecule has 1 aromatic carbocycles. The van der Waals surface area contributed by atoms with E-state index in [0.717, 1.165) is 15.6 Å². The van der Waals surface area contributed by atoms with Crippen molar-refractivity contribution in [2.45, 2.75) is 19.4 Å². The average Bonchev–Trinajstić information content (AvgIpc) is 2.01. The van der Waals surface area contributed by atoms with Crippen molar-refractivity contribution in [1.29, 1.82) is 0 Å². The van der Waals surface area contributed by atoms with Gasteiger partial charge in [-0.05, 0) is 31.0 Å². The van der Waals surface area contributed by atoms with Gasteiger partial charge in [0.2, 0.25) is 0 Å². The summed E-state index contributed by atoms with van der Waals surface area (Å²) in [6, 6.07) is 5.78. The first kappa shape index (κ1) is 10.5. The number of hydrogen-bond donors (Lipinski definition) is 1. The molecule has 70 valence electrons. The van der Waals surface area contributed by atoms with Crippen LogP contribution in [0.25, 0.3) is 6.08 Å². The van der Waals surface area contributed by atoms with E-state index in [1.54, 1.807) is 19.9 Å². The number of hydrogen-bond acceptors (Lipinski definition) is 1. The molecule has 0 aliphatic heterocycles. The molecule has 0 radical (unpaired) electrons. The Labute approximate surface area is 87.2 Å². The minimum absolute atomic E-state index is 0.807. The predicted molar refractivity (Wildman–Crippen MR) is 59.5 cm³/mol. The molecule has 1 nitrogen and oxygen atoms in total. The summed E-state index contributed by atoms with van der Waals surface area (Å²) in [6.07, 6.45) is 1.78. The van der Waals surface area contributed by atoms with Gasteiger partial charge in [0.15, 0.2) is 0 Å². The molecule has 0 aliphatic rings. The molecular formula is C11H13BrO. The lowest BCUT2D eigenvalue weighted by Gasteiger charge is -2.19. The number of aliphatic hydroxyl groups is 1. The fourth-order valence-corrected chi connectivity index (χ4v) is 2.04. The number of benzene rings is 1. The molecule has 0 bridgehead atoms. The van der Waals surface area contributed by atoms with Crippen molar-refractivity contribution in [1.82, 2.24) is 0 Å². The zero-order valence-corrected chi connectivity index (χ0v) is 9.43. The number of rotatable bonds is 2. The van der Waals surface area contributed by atoms with Crippen LogP contribution in [0, 0.1) is 0 Å². The molecule has 0 aromatic heterocycles. The standard InChI is InChI=1S/C11H13BrO/c1-4-8-5-6-9(10(12)7-8)11(2,3)13/h4-7,13H,1H2,2-3H3. The molecule has 0 amide bonds. The minimum Gasteiger partial charge on any atom is -0.386 e. The van der Waals surface area contributed by atoms with Crippen molar-refractivity contribution in [3.63, 3.8) is 0 Å². The topological polar surface area (TPSA) is 20.2 Å². The van der Waals surface area contributed by atoms with Crippen LogP contribution in [0.3, 0.4) is 0 Å². The van der Waals surface area contributed by atoms with Crippen molar-refractivity contribution >= 4 is 22.0 Å². The second-order valence-corrected chi connectivity index (χ2v) is 4.36. The highest BCUT2D eigenvalue weighted by molar-refractivity contribution is 9.10. The van der Waals surface area contributed by atoms with Gasteiger partial charge >= 0.3 is 0 Å². The third-order valence-electron chi connectivity index (χ3n) is 1.89. The summed E-state index contributed by atoms with van der Waals surface area (Å²) < 4.78 is 0.914. The molecular weight excluding hydrogens is 228 g/mol. The molecule has 0 atom stereocenters. The van der Waals surface area contributed by atoms with Crippen molar-refractivity contribution in [3.05, 3.63) is 40.4 Å². The fourth-order valence-electron chi connectivity index (χ4n) is 1.15. The minimum atomic E-state index is -0.807. The van der Waals surface area contributed by atoms with E-state index >= 15 is 0 Å². The maximum absolute atomic E-state index is 9.78. The zero-order chi connectivity index (χ0) is 10.1. The van der Waals surface area contributed by atoms with Gasteiger partial charge in [-0.25, -0.2) is 0 Å². The van der Waals surface area contributed by atoms with Crippen molar-refractivity contribution in [2.75, 3.05) is 0 Å². The van der Waals surface area contributed by atoms with E-state index in [1.165, 1.54) is 0 Å². The van der Waals surface area contributed by atoms with E-state index in [2.05, 4.69) is 22.5 Å². The van der Waals surface area contributed by atoms with Crippen LogP contribution in [0.5, 0.6) is 0 Å². The SMILES string of the molecule is C=Cc1ccc(C(C)(C)O)c(Br)c1. The molecule has 0 spiro atoms. The van der Waals surface area contributed by atoms with Gasteiger partial charge < -0.3 is 5.11 Å². The largest absolute Gasteiger partial charge is 0.386 e. The van der Waals surface area contributed by atoms with Crippen molar-refractivity contribution in [3.8, 4) is 0 Å². The van der Waals surface area contributed by atoms with Gasteiger partial charge in [0.1, 0.15) is 0 Å². The van der Waals surface area contributed by atoms with Crippen LogP contribution >= 0.6 is 15.9 Å². The summed E-state index contributed by atoms with van der Waals surface area (Å²) in [4.78, 5) is 0. The maximum Gasteiger partial charge on any atom is 0.0851 e. The van der Waals surface area contributed by atoms with E-state index in [9.17, 15) is 5.11 Å². The lowest BCUT2D eigenvalue weighted by atomic mass is 9.97. The van der Waals surface area contributed by atoms with Gasteiger partial charge in [-0.3, -0.25) is 0 Å². The van der Waals surface area contributed by atoms with Crippen LogP contribution in [-0.2, 0) is 5.60 Å². The van der Waals surface area contributed by atoms with Gasteiger partial charge in [0.05, 0.1) is 5.60 Å². The van der Waals surface area contributed by atoms with Crippen LogP contribution in [0.2, 0.25) is 0 Å². The molecule has 0 fully saturated rings. The summed E-state index contributed by atoms with van der Waals surface area (Å²) in [7, 11) is 0. The molecule has 13 heavy (non-hydrogen) atoms. The summed E-state index contributed by atoms with van der Waals surface area (Å²) in [5, 5.41) is 9.78. The van der Waals surface area contributed by atoms with Gasteiger partial charge in [-0.2, -0.15) is 0 Å². The highest BCUT2D eigenvalue weighted by atomic mass is 79.9. The third-order valence-corrected chi connectivity index (χ3v) is 2.54. The second kappa shape index (κ2) is 3.64. The molecule has 0 saturated carbocycles. The average molecular weight is 241 g/mol. The molecule has 1 rings (SSSR count). The fraction of sp³-hybridized carbons (Fsp3) is 0.273. The second-order valence-electron chi connectivity index (χ2n) is 3.50. The smallest absolute Gasteiger partial charge is 0.0851 e. The van der Waals surface area contributed by atoms with Crippen LogP contribution in [0.1, 0.15) is 25.0 Å². The van der Waals surface area contributed by atoms with Crippen molar-refractivity contribution < 1.29 is 5.11 Å². The number of halogens is 1. The summed E-state index contributed by atoms with van der Waals surface area (Å²) in [6.45, 7) is 7.21. The quantitative estimate of drug-likeness (QED) is 0.842. The van der Waals surface area contributed by atoms with Crippen LogP contribution < -0.4 is 0 Å². The summed E-state index contributed by atoms with van der Waals surface area (Å²) in [5.74, 6) is 0. The van der Waals surface area contributed by atoms with Crippen LogP contribution in [0.4, 0.5) is 0 Å². The Balaban J connectivity index is 3.20. The first-order chi connectivity index (χ1) is 5.95.